The van der Waals surface area contributed by atoms with Gasteiger partial charge in [-0.25, -0.2) is 14.6 Å². The second-order valence-electron chi connectivity index (χ2n) is 11.2. The molecular weight excluding hydrogens is 526 g/mol. The highest BCUT2D eigenvalue weighted by molar-refractivity contribution is 6.32. The molecule has 0 radical (unpaired) electrons. The first-order valence-corrected chi connectivity index (χ1v) is 14.3. The SMILES string of the molecule is CN1CCN(C2CCC(n3nc(-c4ccc(C5(N)Nc6cccc(Cl)c6O5)cc4)c4c(N)ncnc43)CC2)CC1. The van der Waals surface area contributed by atoms with Crippen LogP contribution in [0.2, 0.25) is 5.02 Å². The van der Waals surface area contributed by atoms with Gasteiger partial charge < -0.3 is 20.7 Å². The molecule has 11 heteroatoms. The Bertz CT molecular complexity index is 1540. The van der Waals surface area contributed by atoms with Crippen molar-refractivity contribution >= 4 is 34.1 Å². The molecule has 2 aliphatic heterocycles. The molecule has 2 fully saturated rings. The van der Waals surface area contributed by atoms with E-state index in [1.807, 2.05) is 36.4 Å². The number of nitrogens with one attached hydrogen (secondary N) is 1. The van der Waals surface area contributed by atoms with Gasteiger partial charge in [0.25, 0.3) is 5.85 Å². The summed E-state index contributed by atoms with van der Waals surface area (Å²) in [4.78, 5) is 14.0. The van der Waals surface area contributed by atoms with Crippen LogP contribution in [0.5, 0.6) is 5.75 Å². The average molecular weight is 560 g/mol. The lowest BCUT2D eigenvalue weighted by molar-refractivity contribution is 0.0815. The van der Waals surface area contributed by atoms with Crippen LogP contribution in [-0.2, 0) is 5.85 Å². The van der Waals surface area contributed by atoms with Gasteiger partial charge in [-0.3, -0.25) is 10.6 Å². The smallest absolute Gasteiger partial charge is 0.263 e. The summed E-state index contributed by atoms with van der Waals surface area (Å²) in [7, 11) is 2.21. The number of fused-ring (bicyclic) bond motifs is 2. The van der Waals surface area contributed by atoms with Gasteiger partial charge in [-0.1, -0.05) is 41.9 Å². The normalized spacial score (nSPS) is 25.5. The van der Waals surface area contributed by atoms with Gasteiger partial charge >= 0.3 is 0 Å². The van der Waals surface area contributed by atoms with Crippen molar-refractivity contribution in [1.29, 1.82) is 0 Å². The summed E-state index contributed by atoms with van der Waals surface area (Å²) in [5.74, 6) is -0.243. The van der Waals surface area contributed by atoms with Gasteiger partial charge in [0.05, 0.1) is 22.1 Å². The number of para-hydroxylation sites is 1. The minimum atomic E-state index is -1.22. The monoisotopic (exact) mass is 559 g/mol. The number of hydrogen-bond donors (Lipinski definition) is 3. The van der Waals surface area contributed by atoms with Crippen LogP contribution in [0.15, 0.2) is 48.8 Å². The van der Waals surface area contributed by atoms with Gasteiger partial charge in [0.15, 0.2) is 11.4 Å². The molecule has 10 nitrogen and oxygen atoms in total. The summed E-state index contributed by atoms with van der Waals surface area (Å²) in [5, 5.41) is 9.64. The number of halogens is 1. The molecule has 0 bridgehead atoms. The molecule has 7 rings (SSSR count). The Hall–Kier alpha value is -3.44. The summed E-state index contributed by atoms with van der Waals surface area (Å²) in [6.07, 6.45) is 6.00. The third kappa shape index (κ3) is 4.35. The number of nitrogen functional groups attached to an aromatic ring is 1. The lowest BCUT2D eigenvalue weighted by atomic mass is 9.90. The van der Waals surface area contributed by atoms with Gasteiger partial charge in [0, 0.05) is 43.3 Å². The largest absolute Gasteiger partial charge is 0.447 e. The fourth-order valence-corrected chi connectivity index (χ4v) is 6.62. The number of rotatable bonds is 4. The Morgan fingerprint density at radius 2 is 1.70 bits per heavy atom. The van der Waals surface area contributed by atoms with E-state index in [9.17, 15) is 0 Å². The van der Waals surface area contributed by atoms with Crippen LogP contribution in [0.25, 0.3) is 22.3 Å². The van der Waals surface area contributed by atoms with Crippen LogP contribution in [-0.4, -0.2) is 68.8 Å². The third-order valence-electron chi connectivity index (χ3n) is 8.72. The number of hydrogen-bond acceptors (Lipinski definition) is 9. The number of benzene rings is 2. The molecule has 208 valence electrons. The summed E-state index contributed by atoms with van der Waals surface area (Å²) in [6, 6.07) is 14.3. The maximum absolute atomic E-state index is 6.62. The van der Waals surface area contributed by atoms with Crippen molar-refractivity contribution < 1.29 is 4.74 Å². The maximum Gasteiger partial charge on any atom is 0.263 e. The highest BCUT2D eigenvalue weighted by Gasteiger charge is 2.38. The van der Waals surface area contributed by atoms with E-state index in [1.165, 1.54) is 6.33 Å². The van der Waals surface area contributed by atoms with Crippen molar-refractivity contribution in [2.45, 2.75) is 43.6 Å². The van der Waals surface area contributed by atoms with E-state index in [-0.39, 0.29) is 6.04 Å². The number of piperazine rings is 1. The minimum Gasteiger partial charge on any atom is -0.447 e. The van der Waals surface area contributed by atoms with Crippen LogP contribution in [0.3, 0.4) is 0 Å². The molecule has 3 aliphatic rings. The van der Waals surface area contributed by atoms with E-state index in [0.29, 0.717) is 22.6 Å². The van der Waals surface area contributed by atoms with E-state index in [4.69, 9.17) is 32.9 Å². The number of aromatic nitrogens is 4. The highest BCUT2D eigenvalue weighted by atomic mass is 35.5. The van der Waals surface area contributed by atoms with Crippen molar-refractivity contribution in [1.82, 2.24) is 29.5 Å². The van der Waals surface area contributed by atoms with Crippen LogP contribution in [0.1, 0.15) is 37.3 Å². The molecule has 0 spiro atoms. The molecular formula is C29H34ClN9O. The highest BCUT2D eigenvalue weighted by Crippen LogP contribution is 2.44. The van der Waals surface area contributed by atoms with Gasteiger partial charge in [-0.15, -0.1) is 0 Å². The number of ether oxygens (including phenoxy) is 1. The van der Waals surface area contributed by atoms with Crippen molar-refractivity contribution in [3.63, 3.8) is 0 Å². The third-order valence-corrected chi connectivity index (χ3v) is 9.02. The first-order valence-electron chi connectivity index (χ1n) is 14.0. The van der Waals surface area contributed by atoms with Crippen LogP contribution in [0, 0.1) is 0 Å². The Balaban J connectivity index is 1.15. The maximum atomic E-state index is 6.62. The zero-order chi connectivity index (χ0) is 27.4. The summed E-state index contributed by atoms with van der Waals surface area (Å²) >= 11 is 6.32. The summed E-state index contributed by atoms with van der Waals surface area (Å²) in [6.45, 7) is 4.61. The van der Waals surface area contributed by atoms with E-state index in [0.717, 1.165) is 85.4 Å². The lowest BCUT2D eigenvalue weighted by Crippen LogP contribution is -2.49. The Labute approximate surface area is 238 Å². The zero-order valence-electron chi connectivity index (χ0n) is 22.6. The molecule has 5 N–H and O–H groups in total. The summed E-state index contributed by atoms with van der Waals surface area (Å²) in [5.41, 5.74) is 17.0. The van der Waals surface area contributed by atoms with E-state index in [2.05, 4.69) is 36.8 Å². The molecule has 2 aromatic carbocycles. The molecule has 1 aliphatic carbocycles. The van der Waals surface area contributed by atoms with Gasteiger partial charge in [0.1, 0.15) is 17.8 Å². The topological polar surface area (TPSA) is 123 Å². The van der Waals surface area contributed by atoms with Crippen LogP contribution in [0.4, 0.5) is 11.5 Å². The quantitative estimate of drug-likeness (QED) is 0.340. The fraction of sp³-hybridized carbons (Fsp3) is 0.414. The Morgan fingerprint density at radius 3 is 2.42 bits per heavy atom. The van der Waals surface area contributed by atoms with Crippen molar-refractivity contribution in [3.05, 3.63) is 59.4 Å². The second-order valence-corrected chi connectivity index (χ2v) is 11.6. The average Bonchev–Trinajstić information content (AvgIpc) is 3.54. The van der Waals surface area contributed by atoms with Crippen molar-refractivity contribution in [2.75, 3.05) is 44.3 Å². The number of likely N-dealkylation sites (N-methyl/N-ethyl adjacent to an activating group) is 1. The molecule has 4 heterocycles. The molecule has 0 amide bonds. The molecule has 4 aromatic rings. The van der Waals surface area contributed by atoms with Crippen LogP contribution >= 0.6 is 11.6 Å². The zero-order valence-corrected chi connectivity index (χ0v) is 23.3. The number of anilines is 2. The van der Waals surface area contributed by atoms with Gasteiger partial charge in [0.2, 0.25) is 0 Å². The minimum absolute atomic E-state index is 0.278. The second kappa shape index (κ2) is 9.88. The van der Waals surface area contributed by atoms with E-state index in [1.54, 1.807) is 6.07 Å². The van der Waals surface area contributed by atoms with Crippen LogP contribution < -0.4 is 21.5 Å². The molecule has 1 saturated heterocycles. The predicted molar refractivity (Wildman–Crippen MR) is 157 cm³/mol. The predicted octanol–water partition coefficient (Wildman–Crippen LogP) is 4.03. The molecule has 1 unspecified atom stereocenters. The van der Waals surface area contributed by atoms with E-state index < -0.39 is 5.85 Å². The first-order chi connectivity index (χ1) is 19.4. The first kappa shape index (κ1) is 25.5. The Kier molecular flexibility index (Phi) is 6.31. The standard InChI is InChI=1S/C29H34ClN9O/c1-37-13-15-38(16-14-37)20-9-11-21(12-10-20)39-28-24(27(31)33-17-34-28)25(36-39)18-5-7-19(8-6-18)29(32)35-23-4-2-3-22(30)26(23)40-29/h2-8,17,20-21,35H,9-16,32H2,1H3,(H2,31,33,34). The number of nitrogens with two attached hydrogens (primary N) is 2. The fourth-order valence-electron chi connectivity index (χ4n) is 6.41. The molecule has 2 aromatic heterocycles. The summed E-state index contributed by atoms with van der Waals surface area (Å²) < 4.78 is 8.14. The lowest BCUT2D eigenvalue weighted by Gasteiger charge is -2.41. The van der Waals surface area contributed by atoms with Crippen molar-refractivity contribution in [3.8, 4) is 17.0 Å². The number of nitrogens with zero attached hydrogens (tertiary/aromatic N) is 6. The van der Waals surface area contributed by atoms with Gasteiger partial charge in [-0.05, 0) is 44.9 Å². The van der Waals surface area contributed by atoms with Crippen molar-refractivity contribution in [2.24, 2.45) is 5.73 Å². The Morgan fingerprint density at radius 1 is 0.975 bits per heavy atom. The molecule has 1 atom stereocenters. The molecule has 40 heavy (non-hydrogen) atoms. The molecule has 1 saturated carbocycles. The van der Waals surface area contributed by atoms with E-state index >= 15 is 0 Å². The van der Waals surface area contributed by atoms with Gasteiger partial charge in [-0.2, -0.15) is 5.10 Å².